The molecule has 4 aliphatic carbocycles. The first-order valence-corrected chi connectivity index (χ1v) is 16.2. The lowest BCUT2D eigenvalue weighted by molar-refractivity contribution is -0.763. The number of aliphatic hydroxyl groups excluding tert-OH is 1. The molecule has 2 fully saturated rings. The first-order chi connectivity index (χ1) is 22.1. The standard InChI is InChI=1S/C35H42FNO10/c1-5-6-7-30(41)47-35(29(40)20-45-31(42)23-10-8-22(9-11-23)19-46-37(43)44)21(2)16-27-26-13-12-24-17-25(38)14-15-32(24,3)34(26,36)28(39)18-33(27,35)4/h8-12,14-15,21,26-28,39H,5-7,13,16-20H2,1-4H3/t21-,26?,27-,28-,32-,33-,34-,35-/m0/s1. The number of rotatable bonds is 11. The second-order valence-electron chi connectivity index (χ2n) is 13.9. The molecule has 2 saturated carbocycles. The highest BCUT2D eigenvalue weighted by Gasteiger charge is 2.77. The van der Waals surface area contributed by atoms with Crippen molar-refractivity contribution in [1.29, 1.82) is 0 Å². The number of carbonyl (C=O) groups excluding carboxylic acids is 4. The minimum absolute atomic E-state index is 0.0628. The lowest BCUT2D eigenvalue weighted by Crippen LogP contribution is -2.69. The summed E-state index contributed by atoms with van der Waals surface area (Å²) in [5, 5.41) is 21.3. The Morgan fingerprint density at radius 1 is 1.15 bits per heavy atom. The number of esters is 2. The molecule has 8 atom stereocenters. The van der Waals surface area contributed by atoms with Gasteiger partial charge in [0.1, 0.15) is 6.61 Å². The number of unbranched alkanes of at least 4 members (excludes halogenated alkanes) is 1. The molecule has 12 heteroatoms. The average molecular weight is 656 g/mol. The summed E-state index contributed by atoms with van der Waals surface area (Å²) in [5.74, 6) is -4.02. The Morgan fingerprint density at radius 3 is 2.51 bits per heavy atom. The number of Topliss-reactive ketones (excluding diaryl/α,β-unsaturated/α-hetero) is 1. The molecule has 0 aliphatic heterocycles. The van der Waals surface area contributed by atoms with Gasteiger partial charge in [-0.05, 0) is 62.3 Å². The van der Waals surface area contributed by atoms with E-state index in [-0.39, 0.29) is 43.6 Å². The zero-order valence-electron chi connectivity index (χ0n) is 27.2. The summed E-state index contributed by atoms with van der Waals surface area (Å²) in [6.45, 7) is 6.14. The number of ether oxygens (including phenoxy) is 2. The number of benzene rings is 1. The van der Waals surface area contributed by atoms with Crippen LogP contribution in [0.5, 0.6) is 0 Å². The van der Waals surface area contributed by atoms with Crippen molar-refractivity contribution in [1.82, 2.24) is 0 Å². The normalized spacial score (nSPS) is 35.5. The summed E-state index contributed by atoms with van der Waals surface area (Å²) in [5.41, 5.74) is -5.19. The number of hydrogen-bond donors (Lipinski definition) is 1. The highest BCUT2D eigenvalue weighted by Crippen LogP contribution is 2.71. The number of hydrogen-bond acceptors (Lipinski definition) is 10. The number of ketones is 2. The lowest BCUT2D eigenvalue weighted by atomic mass is 9.45. The zero-order chi connectivity index (χ0) is 34.4. The second kappa shape index (κ2) is 12.6. The fraction of sp³-hybridized carbons (Fsp3) is 0.600. The zero-order valence-corrected chi connectivity index (χ0v) is 27.2. The van der Waals surface area contributed by atoms with E-state index in [0.717, 1.165) is 0 Å². The summed E-state index contributed by atoms with van der Waals surface area (Å²) < 4.78 is 29.3. The molecule has 0 amide bonds. The van der Waals surface area contributed by atoms with Gasteiger partial charge in [-0.25, -0.2) is 9.18 Å². The number of allylic oxidation sites excluding steroid dienone is 4. The first kappa shape index (κ1) is 34.4. The number of alkyl halides is 1. The smallest absolute Gasteiger partial charge is 0.338 e. The van der Waals surface area contributed by atoms with Gasteiger partial charge in [0.2, 0.25) is 5.78 Å². The summed E-state index contributed by atoms with van der Waals surface area (Å²) in [6.07, 6.45) is 5.06. The molecule has 0 aromatic heterocycles. The molecular weight excluding hydrogens is 613 g/mol. The number of fused-ring (bicyclic) bond motifs is 5. The molecule has 4 aliphatic rings. The summed E-state index contributed by atoms with van der Waals surface area (Å²) in [7, 11) is 0. The van der Waals surface area contributed by atoms with E-state index < -0.39 is 75.4 Å². The maximum atomic E-state index is 17.7. The molecule has 5 rings (SSSR count). The van der Waals surface area contributed by atoms with Crippen molar-refractivity contribution in [2.75, 3.05) is 6.61 Å². The molecule has 1 aromatic carbocycles. The molecule has 47 heavy (non-hydrogen) atoms. The average Bonchev–Trinajstić information content (AvgIpc) is 3.24. The number of aliphatic hydroxyl groups is 1. The van der Waals surface area contributed by atoms with Crippen LogP contribution in [0.2, 0.25) is 0 Å². The van der Waals surface area contributed by atoms with Crippen LogP contribution in [0.25, 0.3) is 0 Å². The molecule has 1 N–H and O–H groups in total. The molecule has 1 aromatic rings. The minimum Gasteiger partial charge on any atom is -0.454 e. The Labute approximate surface area is 272 Å². The predicted molar refractivity (Wildman–Crippen MR) is 165 cm³/mol. The maximum Gasteiger partial charge on any atom is 0.338 e. The summed E-state index contributed by atoms with van der Waals surface area (Å²) >= 11 is 0. The van der Waals surface area contributed by atoms with Crippen LogP contribution >= 0.6 is 0 Å². The Balaban J connectivity index is 1.45. The molecule has 0 radical (unpaired) electrons. The number of halogens is 1. The van der Waals surface area contributed by atoms with Crippen LogP contribution in [0.3, 0.4) is 0 Å². The van der Waals surface area contributed by atoms with Crippen LogP contribution in [0, 0.1) is 38.7 Å². The van der Waals surface area contributed by atoms with Crippen molar-refractivity contribution in [3.63, 3.8) is 0 Å². The van der Waals surface area contributed by atoms with E-state index in [0.29, 0.717) is 30.4 Å². The van der Waals surface area contributed by atoms with Crippen molar-refractivity contribution >= 4 is 23.5 Å². The van der Waals surface area contributed by atoms with Crippen LogP contribution in [0.15, 0.2) is 48.1 Å². The fourth-order valence-corrected chi connectivity index (χ4v) is 9.04. The van der Waals surface area contributed by atoms with E-state index in [1.807, 2.05) is 13.0 Å². The van der Waals surface area contributed by atoms with Crippen LogP contribution in [0.1, 0.15) is 88.6 Å². The van der Waals surface area contributed by atoms with Gasteiger partial charge in [0.15, 0.2) is 23.7 Å². The van der Waals surface area contributed by atoms with Crippen LogP contribution in [-0.2, 0) is 35.3 Å². The molecule has 0 bridgehead atoms. The third-order valence-electron chi connectivity index (χ3n) is 11.4. The van der Waals surface area contributed by atoms with Crippen molar-refractivity contribution in [2.45, 2.75) is 96.6 Å². The molecule has 0 heterocycles. The van der Waals surface area contributed by atoms with E-state index in [1.165, 1.54) is 30.3 Å². The Bertz CT molecular complexity index is 1520. The lowest BCUT2D eigenvalue weighted by Gasteiger charge is -2.62. The van der Waals surface area contributed by atoms with Crippen molar-refractivity contribution in [3.05, 3.63) is 69.3 Å². The van der Waals surface area contributed by atoms with Crippen molar-refractivity contribution < 1.29 is 48.1 Å². The number of carbonyl (C=O) groups is 4. The van der Waals surface area contributed by atoms with Crippen LogP contribution in [-0.4, -0.2) is 57.7 Å². The number of nitrogens with zero attached hydrogens (tertiary/aromatic N) is 1. The van der Waals surface area contributed by atoms with Crippen LogP contribution in [0.4, 0.5) is 4.39 Å². The third kappa shape index (κ3) is 5.48. The van der Waals surface area contributed by atoms with Crippen molar-refractivity contribution in [3.8, 4) is 0 Å². The molecule has 1 unspecified atom stereocenters. The Morgan fingerprint density at radius 2 is 1.85 bits per heavy atom. The third-order valence-corrected chi connectivity index (χ3v) is 11.4. The molecule has 0 spiro atoms. The van der Waals surface area contributed by atoms with E-state index in [4.69, 9.17) is 9.47 Å². The van der Waals surface area contributed by atoms with E-state index >= 15 is 4.39 Å². The first-order valence-electron chi connectivity index (χ1n) is 16.2. The van der Waals surface area contributed by atoms with Gasteiger partial charge in [-0.3, -0.25) is 14.4 Å². The molecule has 0 saturated heterocycles. The van der Waals surface area contributed by atoms with Gasteiger partial charge < -0.3 is 19.4 Å². The van der Waals surface area contributed by atoms with Gasteiger partial charge in [0, 0.05) is 35.5 Å². The monoisotopic (exact) mass is 655 g/mol. The van der Waals surface area contributed by atoms with Gasteiger partial charge in [-0.1, -0.05) is 57.0 Å². The SMILES string of the molecule is CCCCC(=O)O[C@]1(C(=O)COC(=O)c2ccc(CO[N+](=O)[O-])cc2)[C@@H](C)C[C@H]2C3CC=C4CC(=O)C=C[C@]4(C)[C@@]3(F)[C@@H](O)C[C@@]21C. The molecular formula is C35H42FNO10. The topological polar surface area (TPSA) is 159 Å². The molecule has 11 nitrogen and oxygen atoms in total. The Kier molecular flexibility index (Phi) is 9.22. The largest absolute Gasteiger partial charge is 0.454 e. The van der Waals surface area contributed by atoms with Gasteiger partial charge in [0.05, 0.1) is 11.7 Å². The Hall–Kier alpha value is -3.93. The van der Waals surface area contributed by atoms with Crippen LogP contribution < -0.4 is 0 Å². The van der Waals surface area contributed by atoms with Gasteiger partial charge in [0.25, 0.3) is 5.09 Å². The quantitative estimate of drug-likeness (QED) is 0.145. The summed E-state index contributed by atoms with van der Waals surface area (Å²) in [6, 6.07) is 5.69. The van der Waals surface area contributed by atoms with Gasteiger partial charge in [-0.15, -0.1) is 10.1 Å². The second-order valence-corrected chi connectivity index (χ2v) is 13.9. The van der Waals surface area contributed by atoms with Gasteiger partial charge in [-0.2, -0.15) is 0 Å². The van der Waals surface area contributed by atoms with Gasteiger partial charge >= 0.3 is 11.9 Å². The van der Waals surface area contributed by atoms with E-state index in [9.17, 15) is 34.4 Å². The van der Waals surface area contributed by atoms with E-state index in [1.54, 1.807) is 26.8 Å². The van der Waals surface area contributed by atoms with Crippen molar-refractivity contribution in [2.24, 2.45) is 28.6 Å². The predicted octanol–water partition coefficient (Wildman–Crippen LogP) is 5.21. The highest BCUT2D eigenvalue weighted by atomic mass is 19.1. The molecule has 254 valence electrons. The summed E-state index contributed by atoms with van der Waals surface area (Å²) in [4.78, 5) is 67.7. The fourth-order valence-electron chi connectivity index (χ4n) is 9.04. The highest BCUT2D eigenvalue weighted by molar-refractivity contribution is 5.96. The maximum absolute atomic E-state index is 17.7. The van der Waals surface area contributed by atoms with E-state index in [2.05, 4.69) is 4.84 Å². The minimum atomic E-state index is -2.13.